The second-order valence-corrected chi connectivity index (χ2v) is 5.95. The van der Waals surface area contributed by atoms with Gasteiger partial charge in [0.05, 0.1) is 5.69 Å². The zero-order valence-corrected chi connectivity index (χ0v) is 12.3. The zero-order chi connectivity index (χ0) is 13.9. The van der Waals surface area contributed by atoms with Crippen molar-refractivity contribution in [3.63, 3.8) is 0 Å². The van der Waals surface area contributed by atoms with Gasteiger partial charge in [0, 0.05) is 16.4 Å². The first-order valence-electron chi connectivity index (χ1n) is 6.35. The van der Waals surface area contributed by atoms with Gasteiger partial charge >= 0.3 is 0 Å². The minimum Gasteiger partial charge on any atom is -0.301 e. The lowest BCUT2D eigenvalue weighted by Gasteiger charge is -2.20. The number of hydrogen-bond acceptors (Lipinski definition) is 3. The van der Waals surface area contributed by atoms with E-state index < -0.39 is 0 Å². The standard InChI is InChI=1S/C15H18N2OS/c1-4-15(2,3)13(18)17-14-16-12(10-19-14)11-8-6-5-7-9-11/h5-10H,4H2,1-3H3,(H,16,17,18). The molecule has 1 aromatic carbocycles. The van der Waals surface area contributed by atoms with Crippen molar-refractivity contribution in [3.8, 4) is 11.3 Å². The molecule has 3 nitrogen and oxygen atoms in total. The second kappa shape index (κ2) is 5.53. The summed E-state index contributed by atoms with van der Waals surface area (Å²) >= 11 is 1.46. The summed E-state index contributed by atoms with van der Waals surface area (Å²) in [7, 11) is 0. The first-order chi connectivity index (χ1) is 9.03. The summed E-state index contributed by atoms with van der Waals surface area (Å²) < 4.78 is 0. The lowest BCUT2D eigenvalue weighted by atomic mass is 9.89. The molecular weight excluding hydrogens is 256 g/mol. The average Bonchev–Trinajstić information content (AvgIpc) is 2.88. The van der Waals surface area contributed by atoms with Crippen molar-refractivity contribution in [1.29, 1.82) is 0 Å². The quantitative estimate of drug-likeness (QED) is 0.908. The minimum atomic E-state index is -0.363. The molecule has 1 aromatic heterocycles. The molecule has 0 aliphatic carbocycles. The van der Waals surface area contributed by atoms with Crippen molar-refractivity contribution < 1.29 is 4.79 Å². The fourth-order valence-corrected chi connectivity index (χ4v) is 2.21. The Hall–Kier alpha value is -1.68. The maximum atomic E-state index is 12.1. The van der Waals surface area contributed by atoms with Gasteiger partial charge in [0.2, 0.25) is 5.91 Å². The van der Waals surface area contributed by atoms with E-state index in [-0.39, 0.29) is 11.3 Å². The van der Waals surface area contributed by atoms with Gasteiger partial charge in [-0.3, -0.25) is 4.79 Å². The average molecular weight is 274 g/mol. The molecule has 4 heteroatoms. The Bertz CT molecular complexity index is 561. The predicted molar refractivity (Wildman–Crippen MR) is 80.3 cm³/mol. The Kier molecular flexibility index (Phi) is 4.00. The van der Waals surface area contributed by atoms with Gasteiger partial charge < -0.3 is 5.32 Å². The van der Waals surface area contributed by atoms with Crippen molar-refractivity contribution in [1.82, 2.24) is 4.98 Å². The van der Waals surface area contributed by atoms with Crippen LogP contribution in [-0.4, -0.2) is 10.9 Å². The van der Waals surface area contributed by atoms with Crippen molar-refractivity contribution in [2.75, 3.05) is 5.32 Å². The molecule has 1 N–H and O–H groups in total. The van der Waals surface area contributed by atoms with Crippen LogP contribution in [0.25, 0.3) is 11.3 Å². The SMILES string of the molecule is CCC(C)(C)C(=O)Nc1nc(-c2ccccc2)cs1. The summed E-state index contributed by atoms with van der Waals surface area (Å²) in [5.74, 6) is 0.0176. The molecule has 0 saturated heterocycles. The minimum absolute atomic E-state index is 0.0176. The molecular formula is C15H18N2OS. The first kappa shape index (κ1) is 13.7. The van der Waals surface area contributed by atoms with Crippen LogP contribution >= 0.6 is 11.3 Å². The van der Waals surface area contributed by atoms with E-state index in [2.05, 4.69) is 10.3 Å². The van der Waals surface area contributed by atoms with Crippen LogP contribution in [0.5, 0.6) is 0 Å². The van der Waals surface area contributed by atoms with Gasteiger partial charge in [-0.05, 0) is 6.42 Å². The highest BCUT2D eigenvalue weighted by Crippen LogP contribution is 2.27. The van der Waals surface area contributed by atoms with Crippen LogP contribution in [0.2, 0.25) is 0 Å². The summed E-state index contributed by atoms with van der Waals surface area (Å²) in [4.78, 5) is 16.5. The maximum Gasteiger partial charge on any atom is 0.231 e. The fourth-order valence-electron chi connectivity index (χ4n) is 1.50. The lowest BCUT2D eigenvalue weighted by Crippen LogP contribution is -2.29. The lowest BCUT2D eigenvalue weighted by molar-refractivity contribution is -0.124. The maximum absolute atomic E-state index is 12.1. The summed E-state index contributed by atoms with van der Waals surface area (Å²) in [5, 5.41) is 5.51. The third-order valence-electron chi connectivity index (χ3n) is 3.29. The second-order valence-electron chi connectivity index (χ2n) is 5.10. The van der Waals surface area contributed by atoms with E-state index in [1.807, 2.05) is 56.5 Å². The van der Waals surface area contributed by atoms with E-state index in [1.165, 1.54) is 11.3 Å². The van der Waals surface area contributed by atoms with Crippen molar-refractivity contribution in [2.45, 2.75) is 27.2 Å². The van der Waals surface area contributed by atoms with Crippen LogP contribution < -0.4 is 5.32 Å². The molecule has 0 bridgehead atoms. The van der Waals surface area contributed by atoms with Gasteiger partial charge in [-0.2, -0.15) is 0 Å². The predicted octanol–water partition coefficient (Wildman–Crippen LogP) is 4.18. The van der Waals surface area contributed by atoms with Crippen LogP contribution in [0, 0.1) is 5.41 Å². The van der Waals surface area contributed by atoms with Gasteiger partial charge in [0.25, 0.3) is 0 Å². The first-order valence-corrected chi connectivity index (χ1v) is 7.23. The van der Waals surface area contributed by atoms with E-state index in [1.54, 1.807) is 0 Å². The Morgan fingerprint density at radius 2 is 2.00 bits per heavy atom. The molecule has 0 unspecified atom stereocenters. The Morgan fingerprint density at radius 3 is 2.63 bits per heavy atom. The number of rotatable bonds is 4. The normalized spacial score (nSPS) is 11.3. The van der Waals surface area contributed by atoms with Gasteiger partial charge in [-0.15, -0.1) is 11.3 Å². The number of nitrogens with one attached hydrogen (secondary N) is 1. The van der Waals surface area contributed by atoms with Crippen molar-refractivity contribution >= 4 is 22.4 Å². The number of aromatic nitrogens is 1. The highest BCUT2D eigenvalue weighted by molar-refractivity contribution is 7.14. The van der Waals surface area contributed by atoms with Gasteiger partial charge in [-0.25, -0.2) is 4.98 Å². The number of thiazole rings is 1. The van der Waals surface area contributed by atoms with E-state index in [0.717, 1.165) is 17.7 Å². The molecule has 0 atom stereocenters. The number of anilines is 1. The number of carbonyl (C=O) groups excluding carboxylic acids is 1. The van der Waals surface area contributed by atoms with E-state index in [4.69, 9.17) is 0 Å². The van der Waals surface area contributed by atoms with Crippen molar-refractivity contribution in [3.05, 3.63) is 35.7 Å². The number of carbonyl (C=O) groups is 1. The molecule has 0 radical (unpaired) electrons. The van der Waals surface area contributed by atoms with Gasteiger partial charge in [0.15, 0.2) is 5.13 Å². The largest absolute Gasteiger partial charge is 0.301 e. The molecule has 0 fully saturated rings. The molecule has 0 saturated carbocycles. The fraction of sp³-hybridized carbons (Fsp3) is 0.333. The van der Waals surface area contributed by atoms with E-state index in [0.29, 0.717) is 5.13 Å². The summed E-state index contributed by atoms with van der Waals surface area (Å²) in [6.45, 7) is 5.89. The van der Waals surface area contributed by atoms with E-state index in [9.17, 15) is 4.79 Å². The van der Waals surface area contributed by atoms with Gasteiger partial charge in [-0.1, -0.05) is 51.1 Å². The molecule has 1 amide bonds. The van der Waals surface area contributed by atoms with Crippen LogP contribution in [0.15, 0.2) is 35.7 Å². The Labute approximate surface area is 117 Å². The molecule has 0 aliphatic heterocycles. The van der Waals surface area contributed by atoms with E-state index >= 15 is 0 Å². The molecule has 0 aliphatic rings. The summed E-state index contributed by atoms with van der Waals surface area (Å²) in [6, 6.07) is 9.95. The molecule has 19 heavy (non-hydrogen) atoms. The number of nitrogens with zero attached hydrogens (tertiary/aromatic N) is 1. The highest BCUT2D eigenvalue weighted by atomic mass is 32.1. The summed E-state index contributed by atoms with van der Waals surface area (Å²) in [6.07, 6.45) is 0.801. The molecule has 1 heterocycles. The number of benzene rings is 1. The van der Waals surface area contributed by atoms with Crippen molar-refractivity contribution in [2.24, 2.45) is 5.41 Å². The Morgan fingerprint density at radius 1 is 1.32 bits per heavy atom. The van der Waals surface area contributed by atoms with Crippen LogP contribution in [0.3, 0.4) is 0 Å². The summed E-state index contributed by atoms with van der Waals surface area (Å²) in [5.41, 5.74) is 1.60. The third kappa shape index (κ3) is 3.20. The monoisotopic (exact) mass is 274 g/mol. The molecule has 2 aromatic rings. The van der Waals surface area contributed by atoms with Gasteiger partial charge in [0.1, 0.15) is 0 Å². The number of amides is 1. The molecule has 0 spiro atoms. The zero-order valence-electron chi connectivity index (χ0n) is 11.4. The Balaban J connectivity index is 2.13. The smallest absolute Gasteiger partial charge is 0.231 e. The van der Waals surface area contributed by atoms with Crippen LogP contribution in [0.4, 0.5) is 5.13 Å². The highest BCUT2D eigenvalue weighted by Gasteiger charge is 2.25. The molecule has 100 valence electrons. The number of hydrogen-bond donors (Lipinski definition) is 1. The van der Waals surface area contributed by atoms with Crippen LogP contribution in [0.1, 0.15) is 27.2 Å². The van der Waals surface area contributed by atoms with Crippen LogP contribution in [-0.2, 0) is 4.79 Å². The molecule has 2 rings (SSSR count). The third-order valence-corrected chi connectivity index (χ3v) is 4.05. The topological polar surface area (TPSA) is 42.0 Å².